The number of methoxy groups -OCH3 is 1. The lowest BCUT2D eigenvalue weighted by Gasteiger charge is -2.09. The van der Waals surface area contributed by atoms with E-state index in [1.54, 1.807) is 37.6 Å². The van der Waals surface area contributed by atoms with Crippen molar-refractivity contribution in [3.8, 4) is 21.9 Å². The van der Waals surface area contributed by atoms with E-state index in [1.165, 1.54) is 23.9 Å². The van der Waals surface area contributed by atoms with Crippen molar-refractivity contribution in [1.29, 1.82) is 0 Å². The maximum atomic E-state index is 14.0. The fraction of sp³-hybridized carbons (Fsp3) is 0.0909. The lowest BCUT2D eigenvalue weighted by atomic mass is 10.1. The van der Waals surface area contributed by atoms with Crippen molar-refractivity contribution in [3.63, 3.8) is 0 Å². The number of hydrogen-bond acceptors (Lipinski definition) is 6. The summed E-state index contributed by atoms with van der Waals surface area (Å²) in [5.74, 6) is -0.561. The van der Waals surface area contributed by atoms with Gasteiger partial charge in [0.15, 0.2) is 11.6 Å². The van der Waals surface area contributed by atoms with Crippen LogP contribution in [0.1, 0.15) is 0 Å². The Morgan fingerprint density at radius 1 is 1.19 bits per heavy atom. The molecule has 0 saturated carbocycles. The van der Waals surface area contributed by atoms with Gasteiger partial charge in [0.25, 0.3) is 5.56 Å². The van der Waals surface area contributed by atoms with Gasteiger partial charge in [-0.1, -0.05) is 11.6 Å². The first-order chi connectivity index (χ1) is 15.4. The summed E-state index contributed by atoms with van der Waals surface area (Å²) in [7, 11) is 2.94. The molecule has 0 atom stereocenters. The molecule has 0 aliphatic rings. The van der Waals surface area contributed by atoms with Gasteiger partial charge in [0.05, 0.1) is 35.1 Å². The van der Waals surface area contributed by atoms with Gasteiger partial charge in [-0.3, -0.25) is 19.3 Å². The maximum Gasteiger partial charge on any atom is 0.336 e. The van der Waals surface area contributed by atoms with Gasteiger partial charge in [0.1, 0.15) is 4.70 Å². The van der Waals surface area contributed by atoms with E-state index in [9.17, 15) is 14.0 Å². The first-order valence-electron chi connectivity index (χ1n) is 9.39. The molecule has 7 nitrogen and oxygen atoms in total. The van der Waals surface area contributed by atoms with E-state index in [0.29, 0.717) is 37.2 Å². The Bertz CT molecular complexity index is 1650. The number of aromatic nitrogens is 4. The van der Waals surface area contributed by atoms with Crippen molar-refractivity contribution in [2.75, 3.05) is 7.11 Å². The third-order valence-electron chi connectivity index (χ3n) is 5.19. The fourth-order valence-electron chi connectivity index (χ4n) is 3.59. The number of pyridine rings is 2. The summed E-state index contributed by atoms with van der Waals surface area (Å²) >= 11 is 7.42. The van der Waals surface area contributed by atoms with E-state index in [2.05, 4.69) is 9.97 Å². The molecule has 32 heavy (non-hydrogen) atoms. The molecular weight excluding hydrogens is 455 g/mol. The molecule has 0 N–H and O–H groups in total. The number of rotatable bonds is 3. The van der Waals surface area contributed by atoms with Crippen LogP contribution in [0.25, 0.3) is 37.2 Å². The topological polar surface area (TPSA) is 79.0 Å². The second-order valence-electron chi connectivity index (χ2n) is 7.01. The van der Waals surface area contributed by atoms with Crippen molar-refractivity contribution in [3.05, 3.63) is 80.6 Å². The first-order valence-corrected chi connectivity index (χ1v) is 10.6. The third-order valence-corrected chi connectivity index (χ3v) is 6.65. The molecule has 5 rings (SSSR count). The molecule has 0 unspecified atom stereocenters. The number of halogens is 2. The fourth-order valence-corrected chi connectivity index (χ4v) is 5.05. The van der Waals surface area contributed by atoms with Crippen LogP contribution in [-0.4, -0.2) is 26.2 Å². The van der Waals surface area contributed by atoms with Crippen LogP contribution >= 0.6 is 22.9 Å². The van der Waals surface area contributed by atoms with Crippen LogP contribution in [0.5, 0.6) is 5.75 Å². The summed E-state index contributed by atoms with van der Waals surface area (Å²) in [4.78, 5) is 35.7. The van der Waals surface area contributed by atoms with Gasteiger partial charge >= 0.3 is 5.69 Å². The summed E-state index contributed by atoms with van der Waals surface area (Å²) in [6.45, 7) is 0. The molecule has 0 bridgehead atoms. The van der Waals surface area contributed by atoms with E-state index in [4.69, 9.17) is 16.3 Å². The van der Waals surface area contributed by atoms with E-state index in [0.717, 1.165) is 22.0 Å². The molecule has 0 spiro atoms. The summed E-state index contributed by atoms with van der Waals surface area (Å²) in [6.07, 6.45) is 4.65. The minimum absolute atomic E-state index is 0.0288. The molecule has 160 valence electrons. The van der Waals surface area contributed by atoms with Crippen molar-refractivity contribution in [1.82, 2.24) is 19.1 Å². The minimum atomic E-state index is -0.590. The van der Waals surface area contributed by atoms with Crippen molar-refractivity contribution in [2.24, 2.45) is 7.05 Å². The van der Waals surface area contributed by atoms with Gasteiger partial charge < -0.3 is 4.74 Å². The molecule has 4 heterocycles. The van der Waals surface area contributed by atoms with Crippen molar-refractivity contribution in [2.45, 2.75) is 0 Å². The van der Waals surface area contributed by atoms with Crippen LogP contribution in [0.4, 0.5) is 4.39 Å². The third kappa shape index (κ3) is 3.01. The van der Waals surface area contributed by atoms with Gasteiger partial charge in [0, 0.05) is 35.3 Å². The zero-order chi connectivity index (χ0) is 22.6. The summed E-state index contributed by atoms with van der Waals surface area (Å²) < 4.78 is 21.8. The minimum Gasteiger partial charge on any atom is -0.494 e. The van der Waals surface area contributed by atoms with E-state index < -0.39 is 17.1 Å². The van der Waals surface area contributed by atoms with Gasteiger partial charge in [-0.2, -0.15) is 0 Å². The maximum absolute atomic E-state index is 14.0. The zero-order valence-electron chi connectivity index (χ0n) is 16.8. The molecule has 10 heteroatoms. The predicted molar refractivity (Wildman–Crippen MR) is 123 cm³/mol. The number of benzene rings is 1. The molecule has 4 aromatic heterocycles. The molecule has 0 saturated heterocycles. The second-order valence-corrected chi connectivity index (χ2v) is 8.47. The molecule has 0 amide bonds. The van der Waals surface area contributed by atoms with Crippen LogP contribution in [0, 0.1) is 5.82 Å². The Hall–Kier alpha value is -3.56. The highest BCUT2D eigenvalue weighted by Gasteiger charge is 2.20. The summed E-state index contributed by atoms with van der Waals surface area (Å²) in [6, 6.07) is 7.87. The normalized spacial score (nSPS) is 11.4. The van der Waals surface area contributed by atoms with Crippen LogP contribution < -0.4 is 16.0 Å². The van der Waals surface area contributed by atoms with Gasteiger partial charge in [-0.15, -0.1) is 11.3 Å². The quantitative estimate of drug-likeness (QED) is 0.397. The first kappa shape index (κ1) is 20.3. The number of ether oxygens (including phenoxy) is 1. The number of fused-ring (bicyclic) bond motifs is 2. The molecule has 5 aromatic rings. The summed E-state index contributed by atoms with van der Waals surface area (Å²) in [5.41, 5.74) is 0.699. The summed E-state index contributed by atoms with van der Waals surface area (Å²) in [5, 5.41) is 0.874. The molecule has 1 aromatic carbocycles. The number of thiophene rings is 1. The monoisotopic (exact) mass is 468 g/mol. The Kier molecular flexibility index (Phi) is 4.79. The lowest BCUT2D eigenvalue weighted by molar-refractivity contribution is 0.387. The van der Waals surface area contributed by atoms with Crippen molar-refractivity contribution >= 4 is 44.1 Å². The standard InChI is InChI=1S/C22H14ClFN4O3S/c1-27-15-8-18(12-6-17(31-2)14(24)7-13(12)23)32-20(15)21(29)28(22(27)30)16-10-25-9-11-4-3-5-26-19(11)16/h3-10H,1-2H3. The Labute approximate surface area is 188 Å². The van der Waals surface area contributed by atoms with Crippen molar-refractivity contribution < 1.29 is 9.13 Å². The zero-order valence-corrected chi connectivity index (χ0v) is 18.4. The van der Waals surface area contributed by atoms with E-state index >= 15 is 0 Å². The highest BCUT2D eigenvalue weighted by atomic mass is 35.5. The molecule has 0 radical (unpaired) electrons. The molecule has 0 aliphatic carbocycles. The van der Waals surface area contributed by atoms with Crippen LogP contribution in [0.2, 0.25) is 5.02 Å². The molecule has 0 fully saturated rings. The predicted octanol–water partition coefficient (Wildman–Crippen LogP) is 4.16. The average Bonchev–Trinajstić information content (AvgIpc) is 3.24. The van der Waals surface area contributed by atoms with Crippen LogP contribution in [0.3, 0.4) is 0 Å². The smallest absolute Gasteiger partial charge is 0.336 e. The van der Waals surface area contributed by atoms with Gasteiger partial charge in [-0.05, 0) is 30.3 Å². The Morgan fingerprint density at radius 3 is 2.78 bits per heavy atom. The highest BCUT2D eigenvalue weighted by Crippen LogP contribution is 2.38. The van der Waals surface area contributed by atoms with Gasteiger partial charge in [0.2, 0.25) is 0 Å². The number of aryl methyl sites for hydroxylation is 1. The van der Waals surface area contributed by atoms with E-state index in [-0.39, 0.29) is 10.8 Å². The number of hydrogen-bond donors (Lipinski definition) is 0. The van der Waals surface area contributed by atoms with E-state index in [1.807, 2.05) is 0 Å². The average molecular weight is 469 g/mol. The van der Waals surface area contributed by atoms with Crippen LogP contribution in [-0.2, 0) is 7.05 Å². The molecular formula is C22H14ClFN4O3S. The van der Waals surface area contributed by atoms with Crippen LogP contribution in [0.15, 0.2) is 58.5 Å². The Morgan fingerprint density at radius 2 is 2.00 bits per heavy atom. The van der Waals surface area contributed by atoms with Gasteiger partial charge in [-0.25, -0.2) is 13.8 Å². The highest BCUT2D eigenvalue weighted by molar-refractivity contribution is 7.22. The largest absolute Gasteiger partial charge is 0.494 e. The molecule has 0 aliphatic heterocycles. The SMILES string of the molecule is COc1cc(-c2cc3c(s2)c(=O)n(-c2cncc4cccnc24)c(=O)n3C)c(Cl)cc1F. The Balaban J connectivity index is 1.82. The second kappa shape index (κ2) is 7.54. The lowest BCUT2D eigenvalue weighted by Crippen LogP contribution is -2.37. The number of nitrogens with zero attached hydrogens (tertiary/aromatic N) is 4.